The SMILES string of the molecule is COCCN1CCC(NC(=O)[C@H]2CCCCN2)CC1.Cl.Cl. The number of halogens is 2. The van der Waals surface area contributed by atoms with E-state index >= 15 is 0 Å². The molecule has 0 aromatic heterocycles. The second-order valence-electron chi connectivity index (χ2n) is 5.62. The van der Waals surface area contributed by atoms with Crippen molar-refractivity contribution in [3.63, 3.8) is 0 Å². The van der Waals surface area contributed by atoms with Gasteiger partial charge in [0.15, 0.2) is 0 Å². The zero-order valence-electron chi connectivity index (χ0n) is 12.8. The summed E-state index contributed by atoms with van der Waals surface area (Å²) in [7, 11) is 1.74. The van der Waals surface area contributed by atoms with Gasteiger partial charge in [-0.2, -0.15) is 0 Å². The first-order chi connectivity index (χ1) is 9.29. The minimum absolute atomic E-state index is 0. The van der Waals surface area contributed by atoms with Crippen molar-refractivity contribution < 1.29 is 9.53 Å². The summed E-state index contributed by atoms with van der Waals surface area (Å²) in [6.07, 6.45) is 5.46. The number of methoxy groups -OCH3 is 1. The van der Waals surface area contributed by atoms with Gasteiger partial charge in [-0.1, -0.05) is 6.42 Å². The van der Waals surface area contributed by atoms with Crippen LogP contribution in [0.4, 0.5) is 0 Å². The molecular weight excluding hydrogens is 313 g/mol. The van der Waals surface area contributed by atoms with Crippen LogP contribution in [0.2, 0.25) is 0 Å². The number of likely N-dealkylation sites (tertiary alicyclic amines) is 1. The van der Waals surface area contributed by atoms with E-state index in [2.05, 4.69) is 15.5 Å². The summed E-state index contributed by atoms with van der Waals surface area (Å²) in [4.78, 5) is 14.5. The molecule has 0 bridgehead atoms. The number of ether oxygens (including phenoxy) is 1. The van der Waals surface area contributed by atoms with Crippen molar-refractivity contribution >= 4 is 30.7 Å². The van der Waals surface area contributed by atoms with E-state index in [0.717, 1.165) is 52.0 Å². The molecule has 7 heteroatoms. The minimum atomic E-state index is 0. The molecule has 2 rings (SSSR count). The Morgan fingerprint density at radius 2 is 1.95 bits per heavy atom. The highest BCUT2D eigenvalue weighted by Crippen LogP contribution is 2.12. The van der Waals surface area contributed by atoms with Crippen molar-refractivity contribution in [1.29, 1.82) is 0 Å². The van der Waals surface area contributed by atoms with Gasteiger partial charge in [0, 0.05) is 32.8 Å². The van der Waals surface area contributed by atoms with Crippen molar-refractivity contribution in [3.8, 4) is 0 Å². The van der Waals surface area contributed by atoms with Crippen molar-refractivity contribution in [3.05, 3.63) is 0 Å². The lowest BCUT2D eigenvalue weighted by atomic mass is 10.0. The van der Waals surface area contributed by atoms with Crippen molar-refractivity contribution in [2.24, 2.45) is 0 Å². The lowest BCUT2D eigenvalue weighted by Crippen LogP contribution is -2.52. The normalized spacial score (nSPS) is 23.8. The van der Waals surface area contributed by atoms with Crippen LogP contribution in [0.1, 0.15) is 32.1 Å². The predicted molar refractivity (Wildman–Crippen MR) is 89.6 cm³/mol. The third-order valence-electron chi connectivity index (χ3n) is 4.17. The van der Waals surface area contributed by atoms with Crippen molar-refractivity contribution in [2.75, 3.05) is 39.9 Å². The third kappa shape index (κ3) is 7.15. The summed E-state index contributed by atoms with van der Waals surface area (Å²) in [5, 5.41) is 6.51. The van der Waals surface area contributed by atoms with E-state index in [0.29, 0.717) is 6.04 Å². The molecule has 2 N–H and O–H groups in total. The molecule has 0 radical (unpaired) electrons. The second kappa shape index (κ2) is 11.5. The number of carbonyl (C=O) groups is 1. The molecule has 0 aromatic rings. The molecular formula is C14H29Cl2N3O2. The van der Waals surface area contributed by atoms with E-state index < -0.39 is 0 Å². The summed E-state index contributed by atoms with van der Waals surface area (Å²) in [6, 6.07) is 0.398. The average Bonchev–Trinajstić information content (AvgIpc) is 2.47. The maximum absolute atomic E-state index is 12.1. The second-order valence-corrected chi connectivity index (χ2v) is 5.62. The molecule has 2 heterocycles. The molecule has 126 valence electrons. The maximum atomic E-state index is 12.1. The Kier molecular flexibility index (Phi) is 11.5. The van der Waals surface area contributed by atoms with Crippen LogP contribution in [0.5, 0.6) is 0 Å². The minimum Gasteiger partial charge on any atom is -0.383 e. The lowest BCUT2D eigenvalue weighted by molar-refractivity contribution is -0.124. The van der Waals surface area contributed by atoms with E-state index in [9.17, 15) is 4.79 Å². The Morgan fingerprint density at radius 3 is 2.52 bits per heavy atom. The van der Waals surface area contributed by atoms with Gasteiger partial charge in [-0.3, -0.25) is 4.79 Å². The third-order valence-corrected chi connectivity index (χ3v) is 4.17. The number of carbonyl (C=O) groups excluding carboxylic acids is 1. The van der Waals surface area contributed by atoms with Gasteiger partial charge in [0.05, 0.1) is 12.6 Å². The van der Waals surface area contributed by atoms with Gasteiger partial charge in [-0.25, -0.2) is 0 Å². The zero-order valence-corrected chi connectivity index (χ0v) is 14.4. The number of amides is 1. The number of hydrogen-bond donors (Lipinski definition) is 2. The van der Waals surface area contributed by atoms with Crippen LogP contribution in [-0.2, 0) is 9.53 Å². The van der Waals surface area contributed by atoms with Gasteiger partial charge in [0.25, 0.3) is 0 Å². The monoisotopic (exact) mass is 341 g/mol. The van der Waals surface area contributed by atoms with Crippen LogP contribution in [0, 0.1) is 0 Å². The van der Waals surface area contributed by atoms with Gasteiger partial charge in [0.1, 0.15) is 0 Å². The van der Waals surface area contributed by atoms with Crippen LogP contribution < -0.4 is 10.6 Å². The maximum Gasteiger partial charge on any atom is 0.237 e. The topological polar surface area (TPSA) is 53.6 Å². The first kappa shape index (κ1) is 20.9. The van der Waals surface area contributed by atoms with Gasteiger partial charge in [-0.15, -0.1) is 24.8 Å². The fraction of sp³-hybridized carbons (Fsp3) is 0.929. The smallest absolute Gasteiger partial charge is 0.237 e. The van der Waals surface area contributed by atoms with E-state index in [4.69, 9.17) is 4.74 Å². The number of nitrogens with zero attached hydrogens (tertiary/aromatic N) is 1. The van der Waals surface area contributed by atoms with Crippen molar-refractivity contribution in [2.45, 2.75) is 44.2 Å². The fourth-order valence-corrected chi connectivity index (χ4v) is 2.90. The number of piperidine rings is 2. The summed E-state index contributed by atoms with van der Waals surface area (Å²) in [5.41, 5.74) is 0. The molecule has 2 fully saturated rings. The molecule has 0 saturated carbocycles. The Balaban J connectivity index is 0.00000200. The molecule has 2 aliphatic rings. The van der Waals surface area contributed by atoms with Crippen LogP contribution in [0.15, 0.2) is 0 Å². The number of hydrogen-bond acceptors (Lipinski definition) is 4. The van der Waals surface area contributed by atoms with Crippen LogP contribution in [0.3, 0.4) is 0 Å². The Hall–Kier alpha value is -0.0700. The van der Waals surface area contributed by atoms with Gasteiger partial charge < -0.3 is 20.3 Å². The Bertz CT molecular complexity index is 281. The Labute approximate surface area is 140 Å². The standard InChI is InChI=1S/C14H27N3O2.2ClH/c1-19-11-10-17-8-5-12(6-9-17)16-14(18)13-4-2-3-7-15-13;;/h12-13,15H,2-11H2,1H3,(H,16,18);2*1H/t13-;;/m1../s1. The first-order valence-electron chi connectivity index (χ1n) is 7.54. The molecule has 0 spiro atoms. The number of rotatable bonds is 5. The van der Waals surface area contributed by atoms with Crippen molar-refractivity contribution in [1.82, 2.24) is 15.5 Å². The molecule has 0 unspecified atom stereocenters. The summed E-state index contributed by atoms with van der Waals surface area (Å²) in [6.45, 7) is 4.90. The van der Waals surface area contributed by atoms with E-state index in [1.54, 1.807) is 7.11 Å². The quantitative estimate of drug-likeness (QED) is 0.788. The van der Waals surface area contributed by atoms with E-state index in [1.807, 2.05) is 0 Å². The van der Waals surface area contributed by atoms with Crippen LogP contribution in [0.25, 0.3) is 0 Å². The van der Waals surface area contributed by atoms with Crippen LogP contribution >= 0.6 is 24.8 Å². The molecule has 1 atom stereocenters. The molecule has 1 amide bonds. The van der Waals surface area contributed by atoms with Gasteiger partial charge in [-0.05, 0) is 32.2 Å². The molecule has 5 nitrogen and oxygen atoms in total. The molecule has 2 saturated heterocycles. The van der Waals surface area contributed by atoms with Gasteiger partial charge in [0.2, 0.25) is 5.91 Å². The molecule has 0 aliphatic carbocycles. The number of nitrogens with one attached hydrogen (secondary N) is 2. The fourth-order valence-electron chi connectivity index (χ4n) is 2.90. The van der Waals surface area contributed by atoms with E-state index in [-0.39, 0.29) is 36.8 Å². The largest absolute Gasteiger partial charge is 0.383 e. The van der Waals surface area contributed by atoms with E-state index in [1.165, 1.54) is 12.8 Å². The summed E-state index contributed by atoms with van der Waals surface area (Å²) < 4.78 is 5.10. The molecule has 0 aromatic carbocycles. The lowest BCUT2D eigenvalue weighted by Gasteiger charge is -2.33. The van der Waals surface area contributed by atoms with Crippen LogP contribution in [-0.4, -0.2) is 62.8 Å². The molecule has 21 heavy (non-hydrogen) atoms. The highest BCUT2D eigenvalue weighted by molar-refractivity contribution is 5.85. The zero-order chi connectivity index (χ0) is 13.5. The highest BCUT2D eigenvalue weighted by atomic mass is 35.5. The van der Waals surface area contributed by atoms with Gasteiger partial charge >= 0.3 is 0 Å². The predicted octanol–water partition coefficient (Wildman–Crippen LogP) is 1.20. The molecule has 2 aliphatic heterocycles. The summed E-state index contributed by atoms with van der Waals surface area (Å²) >= 11 is 0. The Morgan fingerprint density at radius 1 is 1.24 bits per heavy atom. The average molecular weight is 342 g/mol. The first-order valence-corrected chi connectivity index (χ1v) is 7.54. The summed E-state index contributed by atoms with van der Waals surface area (Å²) in [5.74, 6) is 0.204. The highest BCUT2D eigenvalue weighted by Gasteiger charge is 2.25.